The van der Waals surface area contributed by atoms with E-state index in [4.69, 9.17) is 19.9 Å². The number of hydrogen-bond acceptors (Lipinski definition) is 4. The van der Waals surface area contributed by atoms with E-state index in [9.17, 15) is 0 Å². The number of fused-ring (bicyclic) bond motifs is 3. The van der Waals surface area contributed by atoms with Gasteiger partial charge in [0.05, 0.1) is 5.69 Å². The molecule has 4 aromatic carbocycles. The molecule has 7 rings (SSSR count). The van der Waals surface area contributed by atoms with E-state index in [1.165, 1.54) is 129 Å². The van der Waals surface area contributed by atoms with Crippen LogP contribution < -0.4 is 0 Å². The molecule has 0 unspecified atom stereocenters. The molecule has 1 aliphatic rings. The fourth-order valence-corrected chi connectivity index (χ4v) is 9.39. The zero-order valence-electron chi connectivity index (χ0n) is 38.6. The van der Waals surface area contributed by atoms with Gasteiger partial charge in [-0.1, -0.05) is 217 Å². The Bertz CT molecular complexity index is 2250. The van der Waals surface area contributed by atoms with Gasteiger partial charge in [-0.2, -0.15) is 0 Å². The molecule has 318 valence electrons. The van der Waals surface area contributed by atoms with Crippen molar-refractivity contribution >= 4 is 0 Å². The van der Waals surface area contributed by atoms with Crippen LogP contribution in [0.1, 0.15) is 168 Å². The van der Waals surface area contributed by atoms with Crippen LogP contribution in [0.3, 0.4) is 0 Å². The number of unbranched alkanes of at least 4 members (excludes halogenated alkanes) is 10. The maximum atomic E-state index is 5.14. The lowest BCUT2D eigenvalue weighted by Crippen LogP contribution is -2.25. The highest BCUT2D eigenvalue weighted by Crippen LogP contribution is 2.55. The zero-order valence-corrected chi connectivity index (χ0v) is 38.6. The van der Waals surface area contributed by atoms with Crippen LogP contribution in [-0.4, -0.2) is 19.9 Å². The lowest BCUT2D eigenvalue weighted by Gasteiger charge is -2.33. The molecule has 2 aromatic heterocycles. The van der Waals surface area contributed by atoms with E-state index in [1.807, 2.05) is 6.20 Å². The second-order valence-electron chi connectivity index (χ2n) is 19.8. The molecule has 2 heterocycles. The first-order valence-corrected chi connectivity index (χ1v) is 23.6. The maximum Gasteiger partial charge on any atom is 0.165 e. The molecule has 0 aliphatic heterocycles. The Morgan fingerprint density at radius 3 is 1.36 bits per heavy atom. The molecule has 0 N–H and O–H groups in total. The Morgan fingerprint density at radius 2 is 0.869 bits per heavy atom. The largest absolute Gasteiger partial charge is 0.255 e. The molecule has 0 spiro atoms. The smallest absolute Gasteiger partial charge is 0.165 e. The highest BCUT2D eigenvalue weighted by atomic mass is 15.0. The van der Waals surface area contributed by atoms with Crippen molar-refractivity contribution in [3.63, 3.8) is 0 Å². The van der Waals surface area contributed by atoms with Gasteiger partial charge < -0.3 is 0 Å². The van der Waals surface area contributed by atoms with E-state index in [0.717, 1.165) is 22.4 Å². The minimum Gasteiger partial charge on any atom is -0.255 e. The van der Waals surface area contributed by atoms with Crippen molar-refractivity contribution in [3.8, 4) is 56.5 Å². The minimum atomic E-state index is 0.0330. The SMILES string of the molecule is CCCCCCCCC1(CCCCCCCC)c2ccccc2-c2ccc(-c3ccc(-c4nc(-c5ccc(C(C)(C)C)cc5)nc(-c5ccc(C(C)(C)C)cc5)n4)cn3)cc21. The lowest BCUT2D eigenvalue weighted by atomic mass is 9.70. The van der Waals surface area contributed by atoms with Crippen molar-refractivity contribution in [2.45, 2.75) is 162 Å². The Balaban J connectivity index is 1.23. The van der Waals surface area contributed by atoms with Crippen molar-refractivity contribution in [3.05, 3.63) is 132 Å². The number of pyridine rings is 1. The Kier molecular flexibility index (Phi) is 14.0. The predicted molar refractivity (Wildman–Crippen MR) is 259 cm³/mol. The molecule has 6 aromatic rings. The summed E-state index contributed by atoms with van der Waals surface area (Å²) in [4.78, 5) is 20.3. The van der Waals surface area contributed by atoms with Crippen LogP contribution >= 0.6 is 0 Å². The van der Waals surface area contributed by atoms with Crippen LogP contribution in [0.2, 0.25) is 0 Å². The van der Waals surface area contributed by atoms with E-state index in [1.54, 1.807) is 0 Å². The van der Waals surface area contributed by atoms with Crippen molar-refractivity contribution in [2.75, 3.05) is 0 Å². The predicted octanol–water partition coefficient (Wildman–Crippen LogP) is 16.3. The lowest BCUT2D eigenvalue weighted by molar-refractivity contribution is 0.398. The van der Waals surface area contributed by atoms with E-state index >= 15 is 0 Å². The minimum absolute atomic E-state index is 0.0330. The molecular formula is C57H70N4. The molecule has 0 radical (unpaired) electrons. The van der Waals surface area contributed by atoms with Crippen molar-refractivity contribution in [1.29, 1.82) is 0 Å². The standard InChI is InChI=1S/C57H70N4/c1-9-11-13-15-17-21-37-57(38-22-18-16-14-12-10-2)49-24-20-19-23-47(49)48-35-29-43(39-50(48)57)51-36-30-44(40-58-51)54-60-52(41-25-31-45(32-26-41)55(3,4)5)59-53(61-54)42-27-33-46(34-28-42)56(6,7)8/h19-20,23-36,39-40H,9-18,21-22,37-38H2,1-8H3. The van der Waals surface area contributed by atoms with Crippen LogP contribution in [0.4, 0.5) is 0 Å². The first kappa shape index (κ1) is 44.1. The average Bonchev–Trinajstić information content (AvgIpc) is 3.54. The summed E-state index contributed by atoms with van der Waals surface area (Å²) in [6, 6.07) is 38.1. The van der Waals surface area contributed by atoms with E-state index in [0.29, 0.717) is 17.5 Å². The first-order chi connectivity index (χ1) is 29.4. The second-order valence-corrected chi connectivity index (χ2v) is 19.8. The van der Waals surface area contributed by atoms with Crippen LogP contribution in [0.25, 0.3) is 56.5 Å². The zero-order chi connectivity index (χ0) is 43.0. The Labute approximate surface area is 368 Å². The van der Waals surface area contributed by atoms with Crippen molar-refractivity contribution in [2.24, 2.45) is 0 Å². The molecule has 61 heavy (non-hydrogen) atoms. The van der Waals surface area contributed by atoms with E-state index in [2.05, 4.69) is 159 Å². The maximum absolute atomic E-state index is 5.14. The molecule has 1 aliphatic carbocycles. The summed E-state index contributed by atoms with van der Waals surface area (Å²) in [6.45, 7) is 18.1. The average molecular weight is 811 g/mol. The number of benzene rings is 4. The second kappa shape index (κ2) is 19.4. The third kappa shape index (κ3) is 10.2. The summed E-state index contributed by atoms with van der Waals surface area (Å²) in [7, 11) is 0. The number of rotatable bonds is 18. The van der Waals surface area contributed by atoms with E-state index < -0.39 is 0 Å². The summed E-state index contributed by atoms with van der Waals surface area (Å²) in [5.41, 5.74) is 13.5. The molecule has 0 atom stereocenters. The summed E-state index contributed by atoms with van der Waals surface area (Å²) in [5, 5.41) is 0. The van der Waals surface area contributed by atoms with Crippen molar-refractivity contribution in [1.82, 2.24) is 19.9 Å². The Hall–Kier alpha value is -4.96. The highest BCUT2D eigenvalue weighted by molar-refractivity contribution is 5.83. The van der Waals surface area contributed by atoms with Gasteiger partial charge in [0.25, 0.3) is 0 Å². The fourth-order valence-electron chi connectivity index (χ4n) is 9.39. The van der Waals surface area contributed by atoms with Gasteiger partial charge in [0.2, 0.25) is 0 Å². The molecule has 0 bridgehead atoms. The number of nitrogens with zero attached hydrogens (tertiary/aromatic N) is 4. The topological polar surface area (TPSA) is 51.6 Å². The summed E-state index contributed by atoms with van der Waals surface area (Å²) < 4.78 is 0. The van der Waals surface area contributed by atoms with Gasteiger partial charge in [-0.25, -0.2) is 15.0 Å². The van der Waals surface area contributed by atoms with Crippen molar-refractivity contribution < 1.29 is 0 Å². The molecule has 0 saturated heterocycles. The van der Waals surface area contributed by atoms with Gasteiger partial charge in [-0.05, 0) is 75.3 Å². The highest BCUT2D eigenvalue weighted by Gasteiger charge is 2.42. The third-order valence-electron chi connectivity index (χ3n) is 13.2. The summed E-state index contributed by atoms with van der Waals surface area (Å²) >= 11 is 0. The third-order valence-corrected chi connectivity index (χ3v) is 13.2. The molecule has 4 nitrogen and oxygen atoms in total. The molecule has 0 fully saturated rings. The van der Waals surface area contributed by atoms with Gasteiger partial charge in [-0.3, -0.25) is 4.98 Å². The van der Waals surface area contributed by atoms with Crippen LogP contribution in [0.15, 0.2) is 109 Å². The van der Waals surface area contributed by atoms with Gasteiger partial charge in [0.15, 0.2) is 17.5 Å². The first-order valence-electron chi connectivity index (χ1n) is 23.6. The number of hydrogen-bond donors (Lipinski definition) is 0. The summed E-state index contributed by atoms with van der Waals surface area (Å²) in [5.74, 6) is 1.95. The quantitative estimate of drug-likeness (QED) is 0.0812. The molecule has 4 heteroatoms. The monoisotopic (exact) mass is 811 g/mol. The van der Waals surface area contributed by atoms with Gasteiger partial charge in [-0.15, -0.1) is 0 Å². The fraction of sp³-hybridized carbons (Fsp3) is 0.439. The normalized spacial score (nSPS) is 13.3. The van der Waals surface area contributed by atoms with E-state index in [-0.39, 0.29) is 16.2 Å². The molecule has 0 amide bonds. The Morgan fingerprint density at radius 1 is 0.426 bits per heavy atom. The van der Waals surface area contributed by atoms with Gasteiger partial charge in [0, 0.05) is 33.9 Å². The summed E-state index contributed by atoms with van der Waals surface area (Å²) in [6.07, 6.45) is 20.1. The van der Waals surface area contributed by atoms with Crippen LogP contribution in [0.5, 0.6) is 0 Å². The van der Waals surface area contributed by atoms with Crippen LogP contribution in [-0.2, 0) is 16.2 Å². The van der Waals surface area contributed by atoms with Crippen LogP contribution in [0, 0.1) is 0 Å². The van der Waals surface area contributed by atoms with Gasteiger partial charge >= 0.3 is 0 Å². The van der Waals surface area contributed by atoms with Gasteiger partial charge in [0.1, 0.15) is 0 Å². The molecule has 0 saturated carbocycles. The molecular weight excluding hydrogens is 741 g/mol. The number of aromatic nitrogens is 4.